The number of nitrogens with one attached hydrogen (secondary N) is 1. The Balaban J connectivity index is 2.20. The fraction of sp³-hybridized carbons (Fsp3) is 0.308. The Kier molecular flexibility index (Phi) is 4.00. The number of sulfonamides is 1. The maximum atomic E-state index is 12.2. The molecule has 6 heteroatoms. The lowest BCUT2D eigenvalue weighted by Gasteiger charge is -2.13. The van der Waals surface area contributed by atoms with E-state index in [0.29, 0.717) is 6.42 Å². The van der Waals surface area contributed by atoms with Gasteiger partial charge in [-0.15, -0.1) is 0 Å². The van der Waals surface area contributed by atoms with E-state index < -0.39 is 10.0 Å². The SMILES string of the molecule is N#Cc1ccccc1S(=O)(=O)N[C@@H]1C=C[C@H](CO)C1. The van der Waals surface area contributed by atoms with Crippen molar-refractivity contribution in [2.45, 2.75) is 17.4 Å². The molecule has 5 nitrogen and oxygen atoms in total. The average molecular weight is 278 g/mol. The van der Waals surface area contributed by atoms with E-state index >= 15 is 0 Å². The van der Waals surface area contributed by atoms with Gasteiger partial charge in [0.25, 0.3) is 0 Å². The Morgan fingerprint density at radius 3 is 2.74 bits per heavy atom. The number of aliphatic hydroxyl groups excluding tert-OH is 1. The lowest BCUT2D eigenvalue weighted by atomic mass is 10.1. The van der Waals surface area contributed by atoms with Crippen molar-refractivity contribution in [3.05, 3.63) is 42.0 Å². The van der Waals surface area contributed by atoms with Crippen molar-refractivity contribution in [2.24, 2.45) is 5.92 Å². The van der Waals surface area contributed by atoms with E-state index in [0.717, 1.165) is 0 Å². The molecular weight excluding hydrogens is 264 g/mol. The lowest BCUT2D eigenvalue weighted by Crippen LogP contribution is -2.33. The number of rotatable bonds is 4. The van der Waals surface area contributed by atoms with Gasteiger partial charge in [0.2, 0.25) is 10.0 Å². The molecular formula is C13H14N2O3S. The van der Waals surface area contributed by atoms with E-state index in [1.165, 1.54) is 12.1 Å². The topological polar surface area (TPSA) is 90.2 Å². The summed E-state index contributed by atoms with van der Waals surface area (Å²) >= 11 is 0. The van der Waals surface area contributed by atoms with Gasteiger partial charge in [0.15, 0.2) is 0 Å². The second kappa shape index (κ2) is 5.53. The molecule has 0 radical (unpaired) electrons. The largest absolute Gasteiger partial charge is 0.396 e. The summed E-state index contributed by atoms with van der Waals surface area (Å²) in [4.78, 5) is -0.0154. The summed E-state index contributed by atoms with van der Waals surface area (Å²) in [6, 6.07) is 7.60. The van der Waals surface area contributed by atoms with Crippen molar-refractivity contribution in [3.8, 4) is 6.07 Å². The van der Waals surface area contributed by atoms with Crippen LogP contribution in [0, 0.1) is 17.2 Å². The minimum Gasteiger partial charge on any atom is -0.396 e. The van der Waals surface area contributed by atoms with Crippen LogP contribution < -0.4 is 4.72 Å². The van der Waals surface area contributed by atoms with E-state index in [9.17, 15) is 8.42 Å². The molecule has 100 valence electrons. The monoisotopic (exact) mass is 278 g/mol. The molecule has 0 unspecified atom stereocenters. The minimum absolute atomic E-state index is 0.00348. The Bertz CT molecular complexity index is 632. The first kappa shape index (κ1) is 13.7. The molecule has 0 fully saturated rings. The molecule has 0 aromatic heterocycles. The molecule has 0 spiro atoms. The fourth-order valence-corrected chi connectivity index (χ4v) is 3.41. The van der Waals surface area contributed by atoms with Crippen LogP contribution in [0.4, 0.5) is 0 Å². The van der Waals surface area contributed by atoms with Crippen LogP contribution in [0.25, 0.3) is 0 Å². The number of nitrogens with zero attached hydrogens (tertiary/aromatic N) is 1. The van der Waals surface area contributed by atoms with Crippen LogP contribution in [0.3, 0.4) is 0 Å². The summed E-state index contributed by atoms with van der Waals surface area (Å²) in [6.07, 6.45) is 4.06. The summed E-state index contributed by atoms with van der Waals surface area (Å²) in [5.41, 5.74) is 0.121. The van der Waals surface area contributed by atoms with E-state index in [2.05, 4.69) is 4.72 Å². The second-order valence-electron chi connectivity index (χ2n) is 4.40. The normalized spacial score (nSPS) is 22.3. The minimum atomic E-state index is -3.72. The quantitative estimate of drug-likeness (QED) is 0.796. The zero-order valence-electron chi connectivity index (χ0n) is 10.2. The molecule has 0 bridgehead atoms. The highest BCUT2D eigenvalue weighted by Crippen LogP contribution is 2.20. The molecule has 1 aliphatic rings. The molecule has 0 amide bonds. The maximum absolute atomic E-state index is 12.2. The fourth-order valence-electron chi connectivity index (χ4n) is 2.05. The van der Waals surface area contributed by atoms with Crippen molar-refractivity contribution in [3.63, 3.8) is 0 Å². The van der Waals surface area contributed by atoms with Crippen LogP contribution >= 0.6 is 0 Å². The number of aliphatic hydroxyl groups is 1. The first-order valence-electron chi connectivity index (χ1n) is 5.87. The number of nitriles is 1. The highest BCUT2D eigenvalue weighted by atomic mass is 32.2. The van der Waals surface area contributed by atoms with Gasteiger partial charge in [-0.25, -0.2) is 13.1 Å². The van der Waals surface area contributed by atoms with Gasteiger partial charge in [0.05, 0.1) is 10.5 Å². The van der Waals surface area contributed by atoms with Crippen LogP contribution in [0.2, 0.25) is 0 Å². The molecule has 2 rings (SSSR count). The number of hydrogen-bond donors (Lipinski definition) is 2. The maximum Gasteiger partial charge on any atom is 0.242 e. The van der Waals surface area contributed by atoms with Crippen LogP contribution in [-0.4, -0.2) is 26.2 Å². The van der Waals surface area contributed by atoms with E-state index in [-0.39, 0.29) is 29.0 Å². The molecule has 0 saturated carbocycles. The van der Waals surface area contributed by atoms with Crippen LogP contribution in [0.5, 0.6) is 0 Å². The van der Waals surface area contributed by atoms with Crippen molar-refractivity contribution >= 4 is 10.0 Å². The smallest absolute Gasteiger partial charge is 0.242 e. The Morgan fingerprint density at radius 2 is 2.11 bits per heavy atom. The molecule has 1 aromatic rings. The standard InChI is InChI=1S/C13H14N2O3S/c14-8-11-3-1-2-4-13(11)19(17,18)15-12-6-5-10(7-12)9-16/h1-6,10,12,15-16H,7,9H2/t10-,12+/m0/s1. The van der Waals surface area contributed by atoms with Crippen LogP contribution in [0.15, 0.2) is 41.3 Å². The van der Waals surface area contributed by atoms with E-state index in [4.69, 9.17) is 10.4 Å². The van der Waals surface area contributed by atoms with E-state index in [1.54, 1.807) is 24.3 Å². The van der Waals surface area contributed by atoms with Gasteiger partial charge in [-0.05, 0) is 18.6 Å². The molecule has 1 aliphatic carbocycles. The summed E-state index contributed by atoms with van der Waals surface area (Å²) in [6.45, 7) is 0.00348. The summed E-state index contributed by atoms with van der Waals surface area (Å²) in [7, 11) is -3.72. The lowest BCUT2D eigenvalue weighted by molar-refractivity contribution is 0.248. The van der Waals surface area contributed by atoms with Gasteiger partial charge in [0, 0.05) is 18.6 Å². The molecule has 0 heterocycles. The van der Waals surface area contributed by atoms with Crippen molar-refractivity contribution in [1.82, 2.24) is 4.72 Å². The third-order valence-corrected chi connectivity index (χ3v) is 4.56. The average Bonchev–Trinajstić information content (AvgIpc) is 2.85. The Labute approximate surface area is 112 Å². The van der Waals surface area contributed by atoms with Gasteiger partial charge in [0.1, 0.15) is 6.07 Å². The Morgan fingerprint density at radius 1 is 1.37 bits per heavy atom. The van der Waals surface area contributed by atoms with Crippen LogP contribution in [0.1, 0.15) is 12.0 Å². The zero-order valence-corrected chi connectivity index (χ0v) is 11.0. The number of hydrogen-bond acceptors (Lipinski definition) is 4. The third kappa shape index (κ3) is 3.01. The van der Waals surface area contributed by atoms with Gasteiger partial charge in [-0.2, -0.15) is 5.26 Å². The van der Waals surface area contributed by atoms with E-state index in [1.807, 2.05) is 6.07 Å². The van der Waals surface area contributed by atoms with Crippen molar-refractivity contribution in [1.29, 1.82) is 5.26 Å². The predicted molar refractivity (Wildman–Crippen MR) is 69.6 cm³/mol. The highest BCUT2D eigenvalue weighted by Gasteiger charge is 2.25. The summed E-state index contributed by atoms with van der Waals surface area (Å²) in [5.74, 6) is -0.0149. The predicted octanol–water partition coefficient (Wildman–Crippen LogP) is 0.774. The first-order valence-corrected chi connectivity index (χ1v) is 7.36. The highest BCUT2D eigenvalue weighted by molar-refractivity contribution is 7.89. The number of benzene rings is 1. The first-order chi connectivity index (χ1) is 9.06. The van der Waals surface area contributed by atoms with Gasteiger partial charge in [-0.1, -0.05) is 24.3 Å². The second-order valence-corrected chi connectivity index (χ2v) is 6.08. The van der Waals surface area contributed by atoms with Gasteiger partial charge in [-0.3, -0.25) is 0 Å². The molecule has 0 aliphatic heterocycles. The Hall–Kier alpha value is -1.68. The molecule has 2 N–H and O–H groups in total. The summed E-state index contributed by atoms with van der Waals surface area (Å²) < 4.78 is 26.9. The van der Waals surface area contributed by atoms with Gasteiger partial charge < -0.3 is 5.11 Å². The summed E-state index contributed by atoms with van der Waals surface area (Å²) in [5, 5.41) is 17.9. The molecule has 0 saturated heterocycles. The van der Waals surface area contributed by atoms with Gasteiger partial charge >= 0.3 is 0 Å². The zero-order chi connectivity index (χ0) is 13.9. The van der Waals surface area contributed by atoms with Crippen LogP contribution in [-0.2, 0) is 10.0 Å². The third-order valence-electron chi connectivity index (χ3n) is 3.01. The van der Waals surface area contributed by atoms with Crippen molar-refractivity contribution in [2.75, 3.05) is 6.61 Å². The molecule has 19 heavy (non-hydrogen) atoms. The molecule has 1 aromatic carbocycles. The van der Waals surface area contributed by atoms with Crippen molar-refractivity contribution < 1.29 is 13.5 Å². The molecule has 2 atom stereocenters.